The third-order valence-corrected chi connectivity index (χ3v) is 3.22. The highest BCUT2D eigenvalue weighted by atomic mass is 16.5. The van der Waals surface area contributed by atoms with Crippen molar-refractivity contribution in [1.82, 2.24) is 4.98 Å². The quantitative estimate of drug-likeness (QED) is 0.793. The molecule has 0 unspecified atom stereocenters. The van der Waals surface area contributed by atoms with Crippen molar-refractivity contribution >= 4 is 23.3 Å². The van der Waals surface area contributed by atoms with Crippen molar-refractivity contribution in [1.29, 1.82) is 0 Å². The van der Waals surface area contributed by atoms with E-state index in [1.807, 2.05) is 0 Å². The van der Waals surface area contributed by atoms with Crippen molar-refractivity contribution in [2.75, 3.05) is 38.6 Å². The maximum absolute atomic E-state index is 11.4. The Morgan fingerprint density at radius 2 is 1.72 bits per heavy atom. The lowest BCUT2D eigenvalue weighted by atomic mass is 10.2. The van der Waals surface area contributed by atoms with Crippen LogP contribution >= 0.6 is 0 Å². The Morgan fingerprint density at radius 1 is 1.04 bits per heavy atom. The Labute approximate surface area is 146 Å². The number of hydrogen-bond acceptors (Lipinski definition) is 7. The first-order valence-corrected chi connectivity index (χ1v) is 7.58. The Morgan fingerprint density at radius 3 is 2.20 bits per heavy atom. The van der Waals surface area contributed by atoms with Crippen LogP contribution in [-0.4, -0.2) is 39.0 Å². The summed E-state index contributed by atoms with van der Waals surface area (Å²) < 4.78 is 20.7. The van der Waals surface area contributed by atoms with Crippen molar-refractivity contribution < 1.29 is 23.7 Å². The lowest BCUT2D eigenvalue weighted by molar-refractivity contribution is 0.168. The molecule has 1 aromatic carbocycles. The average molecular weight is 347 g/mol. The van der Waals surface area contributed by atoms with Crippen LogP contribution in [0, 0.1) is 0 Å². The molecule has 0 saturated carbocycles. The van der Waals surface area contributed by atoms with Gasteiger partial charge in [0.15, 0.2) is 11.5 Å². The van der Waals surface area contributed by atoms with Crippen molar-refractivity contribution in [2.45, 2.75) is 6.92 Å². The summed E-state index contributed by atoms with van der Waals surface area (Å²) in [5.74, 6) is 2.16. The number of rotatable bonds is 7. The number of aromatic nitrogens is 1. The molecule has 25 heavy (non-hydrogen) atoms. The van der Waals surface area contributed by atoms with E-state index in [1.54, 1.807) is 52.5 Å². The number of anilines is 3. The number of carbonyl (C=O) groups is 1. The highest BCUT2D eigenvalue weighted by Crippen LogP contribution is 2.40. The number of nitrogens with zero attached hydrogens (tertiary/aromatic N) is 1. The second-order valence-electron chi connectivity index (χ2n) is 4.82. The summed E-state index contributed by atoms with van der Waals surface area (Å²) in [4.78, 5) is 15.6. The van der Waals surface area contributed by atoms with Crippen molar-refractivity contribution in [3.8, 4) is 17.2 Å². The minimum absolute atomic E-state index is 0.306. The monoisotopic (exact) mass is 347 g/mol. The zero-order chi connectivity index (χ0) is 18.2. The first kappa shape index (κ1) is 18.2. The van der Waals surface area contributed by atoms with Gasteiger partial charge in [0.1, 0.15) is 5.82 Å². The van der Waals surface area contributed by atoms with Crippen LogP contribution in [0.15, 0.2) is 30.5 Å². The van der Waals surface area contributed by atoms with Gasteiger partial charge >= 0.3 is 6.09 Å². The predicted molar refractivity (Wildman–Crippen MR) is 94.3 cm³/mol. The van der Waals surface area contributed by atoms with Gasteiger partial charge < -0.3 is 24.3 Å². The van der Waals surface area contributed by atoms with Gasteiger partial charge in [-0.1, -0.05) is 0 Å². The van der Waals surface area contributed by atoms with E-state index >= 15 is 0 Å². The van der Waals surface area contributed by atoms with Crippen LogP contribution in [0.25, 0.3) is 0 Å². The molecule has 0 spiro atoms. The average Bonchev–Trinajstić information content (AvgIpc) is 2.62. The topological polar surface area (TPSA) is 90.9 Å². The van der Waals surface area contributed by atoms with Crippen LogP contribution in [0.4, 0.5) is 22.0 Å². The number of amides is 1. The maximum atomic E-state index is 11.4. The zero-order valence-corrected chi connectivity index (χ0v) is 14.6. The van der Waals surface area contributed by atoms with Crippen molar-refractivity contribution in [3.63, 3.8) is 0 Å². The van der Waals surface area contributed by atoms with Crippen LogP contribution in [0.1, 0.15) is 6.92 Å². The molecule has 0 aliphatic rings. The summed E-state index contributed by atoms with van der Waals surface area (Å²) in [7, 11) is 4.65. The third kappa shape index (κ3) is 4.66. The molecule has 0 saturated heterocycles. The lowest BCUT2D eigenvalue weighted by Crippen LogP contribution is -2.13. The van der Waals surface area contributed by atoms with Gasteiger partial charge in [-0.25, -0.2) is 9.78 Å². The molecular formula is C17H21N3O5. The number of benzene rings is 1. The predicted octanol–water partition coefficient (Wildman–Crippen LogP) is 3.42. The van der Waals surface area contributed by atoms with E-state index in [0.29, 0.717) is 41.0 Å². The van der Waals surface area contributed by atoms with E-state index in [1.165, 1.54) is 6.20 Å². The molecule has 0 aliphatic heterocycles. The maximum Gasteiger partial charge on any atom is 0.411 e. The van der Waals surface area contributed by atoms with Crippen LogP contribution in [0.5, 0.6) is 17.2 Å². The first-order chi connectivity index (χ1) is 12.1. The lowest BCUT2D eigenvalue weighted by Gasteiger charge is -2.15. The molecule has 0 bridgehead atoms. The van der Waals surface area contributed by atoms with Crippen LogP contribution in [-0.2, 0) is 4.74 Å². The second-order valence-corrected chi connectivity index (χ2v) is 4.82. The highest BCUT2D eigenvalue weighted by molar-refractivity contribution is 5.84. The number of nitrogens with one attached hydrogen (secondary N) is 2. The van der Waals surface area contributed by atoms with Gasteiger partial charge in [-0.3, -0.25) is 5.32 Å². The SMILES string of the molecule is CCOC(=O)Nc1ccc(Nc2cc(OC)c(OC)c(OC)c2)nc1. The van der Waals surface area contributed by atoms with Gasteiger partial charge in [0, 0.05) is 17.8 Å². The van der Waals surface area contributed by atoms with E-state index < -0.39 is 6.09 Å². The molecular weight excluding hydrogens is 326 g/mol. The number of ether oxygens (including phenoxy) is 4. The molecule has 134 valence electrons. The molecule has 8 heteroatoms. The van der Waals surface area contributed by atoms with Gasteiger partial charge in [0.25, 0.3) is 0 Å². The first-order valence-electron chi connectivity index (χ1n) is 7.58. The van der Waals surface area contributed by atoms with E-state index in [2.05, 4.69) is 15.6 Å². The zero-order valence-electron chi connectivity index (χ0n) is 14.6. The van der Waals surface area contributed by atoms with Crippen LogP contribution in [0.2, 0.25) is 0 Å². The molecule has 1 aromatic heterocycles. The minimum Gasteiger partial charge on any atom is -0.493 e. The Kier molecular flexibility index (Phi) is 6.27. The van der Waals surface area contributed by atoms with Gasteiger partial charge in [0.2, 0.25) is 5.75 Å². The smallest absolute Gasteiger partial charge is 0.411 e. The molecule has 0 radical (unpaired) electrons. The fourth-order valence-electron chi connectivity index (χ4n) is 2.13. The molecule has 0 aliphatic carbocycles. The van der Waals surface area contributed by atoms with E-state index in [0.717, 1.165) is 0 Å². The fraction of sp³-hybridized carbons (Fsp3) is 0.294. The largest absolute Gasteiger partial charge is 0.493 e. The molecule has 2 rings (SSSR count). The summed E-state index contributed by atoms with van der Waals surface area (Å²) >= 11 is 0. The standard InChI is InChI=1S/C17H21N3O5/c1-5-25-17(21)20-11-6-7-15(18-10-11)19-12-8-13(22-2)16(24-4)14(9-12)23-3/h6-10H,5H2,1-4H3,(H,18,19)(H,20,21). The van der Waals surface area contributed by atoms with E-state index in [9.17, 15) is 4.79 Å². The third-order valence-electron chi connectivity index (χ3n) is 3.22. The highest BCUT2D eigenvalue weighted by Gasteiger charge is 2.13. The molecule has 1 heterocycles. The Bertz CT molecular complexity index is 694. The summed E-state index contributed by atoms with van der Waals surface area (Å²) in [5.41, 5.74) is 1.25. The summed E-state index contributed by atoms with van der Waals surface area (Å²) in [6, 6.07) is 6.98. The van der Waals surface area contributed by atoms with Crippen molar-refractivity contribution in [2.24, 2.45) is 0 Å². The Balaban J connectivity index is 2.15. The number of hydrogen-bond donors (Lipinski definition) is 2. The van der Waals surface area contributed by atoms with Gasteiger partial charge in [-0.15, -0.1) is 0 Å². The number of carbonyl (C=O) groups excluding carboxylic acids is 1. The molecule has 8 nitrogen and oxygen atoms in total. The second kappa shape index (κ2) is 8.62. The summed E-state index contributed by atoms with van der Waals surface area (Å²) in [6.45, 7) is 2.04. The molecule has 0 atom stereocenters. The van der Waals surface area contributed by atoms with Crippen LogP contribution < -0.4 is 24.8 Å². The normalized spacial score (nSPS) is 9.92. The molecule has 0 fully saturated rings. The number of pyridine rings is 1. The van der Waals surface area contributed by atoms with E-state index in [-0.39, 0.29) is 0 Å². The number of methoxy groups -OCH3 is 3. The van der Waals surface area contributed by atoms with E-state index in [4.69, 9.17) is 18.9 Å². The van der Waals surface area contributed by atoms with Crippen molar-refractivity contribution in [3.05, 3.63) is 30.5 Å². The molecule has 2 N–H and O–H groups in total. The van der Waals surface area contributed by atoms with Gasteiger partial charge in [-0.2, -0.15) is 0 Å². The summed E-state index contributed by atoms with van der Waals surface area (Å²) in [5, 5.41) is 5.72. The van der Waals surface area contributed by atoms with Gasteiger partial charge in [-0.05, 0) is 19.1 Å². The minimum atomic E-state index is -0.519. The Hall–Kier alpha value is -3.16. The molecule has 2 aromatic rings. The van der Waals surface area contributed by atoms with Gasteiger partial charge in [0.05, 0.1) is 39.8 Å². The summed E-state index contributed by atoms with van der Waals surface area (Å²) in [6.07, 6.45) is 1.01. The van der Waals surface area contributed by atoms with Crippen LogP contribution in [0.3, 0.4) is 0 Å². The fourth-order valence-corrected chi connectivity index (χ4v) is 2.13. The molecule has 1 amide bonds.